The van der Waals surface area contributed by atoms with E-state index in [0.717, 1.165) is 17.2 Å². The first kappa shape index (κ1) is 13.1. The number of carbonyl (C=O) groups is 1. The van der Waals surface area contributed by atoms with Gasteiger partial charge in [0.05, 0.1) is 24.1 Å². The molecule has 0 saturated heterocycles. The molecule has 0 atom stereocenters. The van der Waals surface area contributed by atoms with Gasteiger partial charge in [-0.2, -0.15) is 0 Å². The smallest absolute Gasteiger partial charge is 0.335 e. The summed E-state index contributed by atoms with van der Waals surface area (Å²) in [6, 6.07) is 4.79. The number of aromatic nitrogens is 2. The van der Waals surface area contributed by atoms with Gasteiger partial charge in [-0.3, -0.25) is 4.57 Å². The van der Waals surface area contributed by atoms with Crippen molar-refractivity contribution in [1.82, 2.24) is 9.55 Å². The Labute approximate surface area is 111 Å². The van der Waals surface area contributed by atoms with Crippen LogP contribution in [0.2, 0.25) is 0 Å². The minimum Gasteiger partial charge on any atom is -0.495 e. The van der Waals surface area contributed by atoms with Crippen LogP contribution in [0.5, 0.6) is 5.75 Å². The van der Waals surface area contributed by atoms with Crippen molar-refractivity contribution in [3.05, 3.63) is 41.0 Å². The molecule has 0 aliphatic carbocycles. The molecule has 1 N–H and O–H groups in total. The lowest BCUT2D eigenvalue weighted by atomic mass is 10.1. The zero-order valence-electron chi connectivity index (χ0n) is 11.4. The van der Waals surface area contributed by atoms with E-state index in [4.69, 9.17) is 9.84 Å². The predicted octanol–water partition coefficient (Wildman–Crippen LogP) is 2.50. The first-order chi connectivity index (χ1) is 8.95. The first-order valence-electron chi connectivity index (χ1n) is 5.90. The van der Waals surface area contributed by atoms with Crippen molar-refractivity contribution in [3.63, 3.8) is 0 Å². The van der Waals surface area contributed by atoms with Crippen molar-refractivity contribution < 1.29 is 14.6 Å². The third kappa shape index (κ3) is 2.19. The van der Waals surface area contributed by atoms with Gasteiger partial charge in [-0.1, -0.05) is 0 Å². The number of benzene rings is 1. The number of carboxylic acid groups (broad SMARTS) is 1. The summed E-state index contributed by atoms with van der Waals surface area (Å²) >= 11 is 0. The molecule has 0 radical (unpaired) electrons. The van der Waals surface area contributed by atoms with Crippen LogP contribution in [0.15, 0.2) is 18.2 Å². The maximum atomic E-state index is 11.1. The number of hydrogen-bond acceptors (Lipinski definition) is 3. The SMILES string of the molecule is COc1ccc(C(=O)O)cc1-n1c(C)nc(C)c1C. The molecule has 0 saturated carbocycles. The van der Waals surface area contributed by atoms with Crippen LogP contribution in [-0.4, -0.2) is 27.7 Å². The van der Waals surface area contributed by atoms with Gasteiger partial charge in [0.25, 0.3) is 0 Å². The van der Waals surface area contributed by atoms with Gasteiger partial charge >= 0.3 is 5.97 Å². The van der Waals surface area contributed by atoms with Crippen LogP contribution in [0.1, 0.15) is 27.6 Å². The second-order valence-corrected chi connectivity index (χ2v) is 4.36. The van der Waals surface area contributed by atoms with Crippen molar-refractivity contribution in [2.75, 3.05) is 7.11 Å². The molecule has 5 heteroatoms. The van der Waals surface area contributed by atoms with Gasteiger partial charge in [0.15, 0.2) is 0 Å². The van der Waals surface area contributed by atoms with Crippen LogP contribution in [0.25, 0.3) is 5.69 Å². The van der Waals surface area contributed by atoms with Crippen molar-refractivity contribution in [2.24, 2.45) is 0 Å². The molecule has 1 heterocycles. The van der Waals surface area contributed by atoms with E-state index >= 15 is 0 Å². The standard InChI is InChI=1S/C14H16N2O3/c1-8-9(2)16(10(3)15-8)12-7-11(14(17)18)5-6-13(12)19-4/h5-7H,1-4H3,(H,17,18). The van der Waals surface area contributed by atoms with Gasteiger partial charge in [0, 0.05) is 5.69 Å². The summed E-state index contributed by atoms with van der Waals surface area (Å²) in [5.41, 5.74) is 2.80. The van der Waals surface area contributed by atoms with Crippen molar-refractivity contribution in [1.29, 1.82) is 0 Å². The lowest BCUT2D eigenvalue weighted by molar-refractivity contribution is 0.0697. The molecular weight excluding hydrogens is 244 g/mol. The van der Waals surface area contributed by atoms with E-state index in [2.05, 4.69) is 4.98 Å². The Morgan fingerprint density at radius 2 is 2.00 bits per heavy atom. The van der Waals surface area contributed by atoms with E-state index in [9.17, 15) is 4.79 Å². The van der Waals surface area contributed by atoms with E-state index < -0.39 is 5.97 Å². The van der Waals surface area contributed by atoms with Gasteiger partial charge in [-0.15, -0.1) is 0 Å². The van der Waals surface area contributed by atoms with E-state index in [1.807, 2.05) is 25.3 Å². The summed E-state index contributed by atoms with van der Waals surface area (Å²) in [4.78, 5) is 15.5. The van der Waals surface area contributed by atoms with Crippen LogP contribution < -0.4 is 4.74 Å². The lowest BCUT2D eigenvalue weighted by Gasteiger charge is -2.13. The highest BCUT2D eigenvalue weighted by Gasteiger charge is 2.15. The fourth-order valence-corrected chi connectivity index (χ4v) is 2.13. The Kier molecular flexibility index (Phi) is 3.29. The fourth-order valence-electron chi connectivity index (χ4n) is 2.13. The third-order valence-electron chi connectivity index (χ3n) is 3.18. The molecule has 0 aliphatic heterocycles. The van der Waals surface area contributed by atoms with Crippen molar-refractivity contribution in [2.45, 2.75) is 20.8 Å². The van der Waals surface area contributed by atoms with E-state index in [-0.39, 0.29) is 5.56 Å². The van der Waals surface area contributed by atoms with Crippen molar-refractivity contribution >= 4 is 5.97 Å². The third-order valence-corrected chi connectivity index (χ3v) is 3.18. The zero-order chi connectivity index (χ0) is 14.2. The monoisotopic (exact) mass is 260 g/mol. The van der Waals surface area contributed by atoms with Gasteiger partial charge in [-0.25, -0.2) is 9.78 Å². The normalized spacial score (nSPS) is 10.5. The van der Waals surface area contributed by atoms with Crippen molar-refractivity contribution in [3.8, 4) is 11.4 Å². The fraction of sp³-hybridized carbons (Fsp3) is 0.286. The maximum absolute atomic E-state index is 11.1. The molecule has 0 unspecified atom stereocenters. The minimum absolute atomic E-state index is 0.223. The summed E-state index contributed by atoms with van der Waals surface area (Å²) in [5.74, 6) is 0.459. The average Bonchev–Trinajstić information content (AvgIpc) is 2.62. The Hall–Kier alpha value is -2.30. The molecule has 0 spiro atoms. The van der Waals surface area contributed by atoms with E-state index in [1.165, 1.54) is 6.07 Å². The summed E-state index contributed by atoms with van der Waals surface area (Å²) in [6.07, 6.45) is 0. The molecular formula is C14H16N2O3. The molecule has 0 bridgehead atoms. The molecule has 19 heavy (non-hydrogen) atoms. The molecule has 1 aromatic carbocycles. The Bertz CT molecular complexity index is 644. The van der Waals surface area contributed by atoms with Crippen LogP contribution in [0.4, 0.5) is 0 Å². The highest BCUT2D eigenvalue weighted by atomic mass is 16.5. The Morgan fingerprint density at radius 3 is 2.47 bits per heavy atom. The quantitative estimate of drug-likeness (QED) is 0.920. The van der Waals surface area contributed by atoms with Gasteiger partial charge in [0.1, 0.15) is 11.6 Å². The number of hydrogen-bond donors (Lipinski definition) is 1. The highest BCUT2D eigenvalue weighted by molar-refractivity contribution is 5.88. The van der Waals surface area contributed by atoms with E-state index in [0.29, 0.717) is 11.4 Å². The second kappa shape index (κ2) is 4.76. The number of aromatic carboxylic acids is 1. The number of imidazole rings is 1. The van der Waals surface area contributed by atoms with Gasteiger partial charge in [0.2, 0.25) is 0 Å². The number of carboxylic acids is 1. The van der Waals surface area contributed by atoms with Crippen LogP contribution in [0, 0.1) is 20.8 Å². The minimum atomic E-state index is -0.962. The molecule has 0 aliphatic rings. The topological polar surface area (TPSA) is 64.3 Å². The van der Waals surface area contributed by atoms with Gasteiger partial charge in [-0.05, 0) is 39.0 Å². The molecule has 0 fully saturated rings. The van der Waals surface area contributed by atoms with Crippen LogP contribution in [0.3, 0.4) is 0 Å². The summed E-state index contributed by atoms with van der Waals surface area (Å²) < 4.78 is 7.22. The number of ether oxygens (including phenoxy) is 1. The molecule has 0 amide bonds. The average molecular weight is 260 g/mol. The molecule has 2 aromatic rings. The highest BCUT2D eigenvalue weighted by Crippen LogP contribution is 2.27. The first-order valence-corrected chi connectivity index (χ1v) is 5.90. The maximum Gasteiger partial charge on any atom is 0.335 e. The molecule has 100 valence electrons. The van der Waals surface area contributed by atoms with E-state index in [1.54, 1.807) is 19.2 Å². The number of methoxy groups -OCH3 is 1. The van der Waals surface area contributed by atoms with Crippen LogP contribution in [-0.2, 0) is 0 Å². The predicted molar refractivity (Wildman–Crippen MR) is 71.3 cm³/mol. The number of rotatable bonds is 3. The zero-order valence-corrected chi connectivity index (χ0v) is 11.4. The summed E-state index contributed by atoms with van der Waals surface area (Å²) in [5, 5.41) is 9.10. The lowest BCUT2D eigenvalue weighted by Crippen LogP contribution is -2.05. The number of aryl methyl sites for hydroxylation is 2. The molecule has 5 nitrogen and oxygen atoms in total. The van der Waals surface area contributed by atoms with Crippen LogP contribution >= 0.6 is 0 Å². The summed E-state index contributed by atoms with van der Waals surface area (Å²) in [6.45, 7) is 5.75. The Balaban J connectivity index is 2.72. The molecule has 1 aromatic heterocycles. The van der Waals surface area contributed by atoms with Gasteiger partial charge < -0.3 is 9.84 Å². The largest absolute Gasteiger partial charge is 0.495 e. The number of nitrogens with zero attached hydrogens (tertiary/aromatic N) is 2. The Morgan fingerprint density at radius 1 is 1.32 bits per heavy atom. The second-order valence-electron chi connectivity index (χ2n) is 4.36. The summed E-state index contributed by atoms with van der Waals surface area (Å²) in [7, 11) is 1.56. The molecule has 2 rings (SSSR count).